The van der Waals surface area contributed by atoms with Crippen LogP contribution in [0.2, 0.25) is 0 Å². The van der Waals surface area contributed by atoms with Gasteiger partial charge in [-0.1, -0.05) is 45.9 Å². The SMILES string of the molecule is CC(C)c1cccc(C(C)C)c1OC(=O)OCCOC1OC(CO)C([C@H]2OC(CO)[C@@H](O)C(O)[C@H]2O)C(O)[C@H]1O. The van der Waals surface area contributed by atoms with Crippen LogP contribution in [0.25, 0.3) is 0 Å². The van der Waals surface area contributed by atoms with Crippen molar-refractivity contribution in [1.82, 2.24) is 0 Å². The average molecular weight is 575 g/mol. The van der Waals surface area contributed by atoms with E-state index in [9.17, 15) is 40.5 Å². The normalized spacial score (nSPS) is 34.7. The van der Waals surface area contributed by atoms with Crippen LogP contribution in [0.3, 0.4) is 0 Å². The quantitative estimate of drug-likeness (QED) is 0.106. The average Bonchev–Trinajstić information content (AvgIpc) is 2.92. The highest BCUT2D eigenvalue weighted by Gasteiger charge is 2.55. The monoisotopic (exact) mass is 574 g/mol. The van der Waals surface area contributed by atoms with E-state index in [1.807, 2.05) is 45.9 Å². The number of rotatable bonds is 10. The molecule has 1 aromatic carbocycles. The van der Waals surface area contributed by atoms with Gasteiger partial charge in [-0.2, -0.15) is 0 Å². The maximum absolute atomic E-state index is 12.4. The number of aliphatic hydroxyl groups is 7. The summed E-state index contributed by atoms with van der Waals surface area (Å²) in [7, 11) is 0. The first-order valence-corrected chi connectivity index (χ1v) is 13.4. The second-order valence-corrected chi connectivity index (χ2v) is 10.7. The number of carbonyl (C=O) groups excluding carboxylic acids is 1. The number of aliphatic hydroxyl groups excluding tert-OH is 7. The molecule has 1 aromatic rings. The molecule has 0 aliphatic carbocycles. The number of ether oxygens (including phenoxy) is 5. The minimum absolute atomic E-state index is 0.104. The maximum Gasteiger partial charge on any atom is 0.513 e. The summed E-state index contributed by atoms with van der Waals surface area (Å²) in [5, 5.41) is 71.4. The summed E-state index contributed by atoms with van der Waals surface area (Å²) in [5.41, 5.74) is 1.72. The van der Waals surface area contributed by atoms with Gasteiger partial charge < -0.3 is 59.4 Å². The van der Waals surface area contributed by atoms with E-state index in [-0.39, 0.29) is 25.0 Å². The van der Waals surface area contributed by atoms with Crippen LogP contribution in [0.5, 0.6) is 5.75 Å². The fraction of sp³-hybridized carbons (Fsp3) is 0.741. The van der Waals surface area contributed by atoms with Crippen molar-refractivity contribution in [3.05, 3.63) is 29.3 Å². The van der Waals surface area contributed by atoms with Gasteiger partial charge >= 0.3 is 6.16 Å². The fourth-order valence-electron chi connectivity index (χ4n) is 5.11. The second kappa shape index (κ2) is 14.3. The number of para-hydroxylation sites is 1. The van der Waals surface area contributed by atoms with Gasteiger partial charge in [-0.05, 0) is 23.0 Å². The van der Waals surface area contributed by atoms with Gasteiger partial charge in [-0.25, -0.2) is 4.79 Å². The molecule has 2 aliphatic heterocycles. The fourth-order valence-corrected chi connectivity index (χ4v) is 5.11. The summed E-state index contributed by atoms with van der Waals surface area (Å²) in [6.45, 7) is 6.03. The molecule has 2 saturated heterocycles. The molecule has 0 aromatic heterocycles. The van der Waals surface area contributed by atoms with E-state index in [0.717, 1.165) is 11.1 Å². The van der Waals surface area contributed by atoms with Crippen LogP contribution in [0.4, 0.5) is 4.79 Å². The van der Waals surface area contributed by atoms with Gasteiger partial charge in [0, 0.05) is 5.92 Å². The van der Waals surface area contributed by atoms with Gasteiger partial charge in [0.1, 0.15) is 42.9 Å². The first-order chi connectivity index (χ1) is 18.9. The Morgan fingerprint density at radius 3 is 1.95 bits per heavy atom. The molecule has 10 atom stereocenters. The van der Waals surface area contributed by atoms with Crippen molar-refractivity contribution >= 4 is 6.16 Å². The van der Waals surface area contributed by atoms with Crippen molar-refractivity contribution in [1.29, 1.82) is 0 Å². The minimum Gasteiger partial charge on any atom is -0.432 e. The molecule has 13 nitrogen and oxygen atoms in total. The van der Waals surface area contributed by atoms with Crippen LogP contribution in [-0.4, -0.2) is 123 Å². The lowest BCUT2D eigenvalue weighted by Crippen LogP contribution is -2.67. The third-order valence-corrected chi connectivity index (χ3v) is 7.34. The zero-order chi connectivity index (χ0) is 29.7. The molecule has 228 valence electrons. The molecule has 0 bridgehead atoms. The number of benzene rings is 1. The molecule has 0 radical (unpaired) electrons. The second-order valence-electron chi connectivity index (χ2n) is 10.7. The van der Waals surface area contributed by atoms with E-state index in [1.165, 1.54) is 0 Å². The number of hydrogen-bond acceptors (Lipinski definition) is 13. The molecular formula is C27H42O13. The molecule has 0 saturated carbocycles. The van der Waals surface area contributed by atoms with Crippen molar-refractivity contribution in [2.75, 3.05) is 26.4 Å². The largest absolute Gasteiger partial charge is 0.513 e. The lowest BCUT2D eigenvalue weighted by Gasteiger charge is -2.49. The summed E-state index contributed by atoms with van der Waals surface area (Å²) in [6, 6.07) is 5.66. The van der Waals surface area contributed by atoms with Crippen LogP contribution >= 0.6 is 0 Å². The van der Waals surface area contributed by atoms with E-state index in [4.69, 9.17) is 23.7 Å². The van der Waals surface area contributed by atoms with E-state index in [0.29, 0.717) is 5.75 Å². The van der Waals surface area contributed by atoms with Crippen LogP contribution in [0, 0.1) is 5.92 Å². The van der Waals surface area contributed by atoms with Crippen LogP contribution in [0.1, 0.15) is 50.7 Å². The van der Waals surface area contributed by atoms with Gasteiger partial charge in [0.15, 0.2) is 6.29 Å². The molecule has 7 N–H and O–H groups in total. The molecule has 13 heteroatoms. The summed E-state index contributed by atoms with van der Waals surface area (Å²) in [5.74, 6) is -0.606. The van der Waals surface area contributed by atoms with E-state index < -0.39 is 80.4 Å². The number of hydrogen-bond donors (Lipinski definition) is 7. The topological polar surface area (TPSA) is 205 Å². The molecule has 0 amide bonds. The van der Waals surface area contributed by atoms with Gasteiger partial charge in [-0.15, -0.1) is 0 Å². The Bertz CT molecular complexity index is 926. The molecule has 0 spiro atoms. The Kier molecular flexibility index (Phi) is 11.7. The molecule has 2 heterocycles. The Morgan fingerprint density at radius 1 is 0.800 bits per heavy atom. The van der Waals surface area contributed by atoms with Crippen molar-refractivity contribution in [3.63, 3.8) is 0 Å². The zero-order valence-corrected chi connectivity index (χ0v) is 23.1. The third-order valence-electron chi connectivity index (χ3n) is 7.34. The van der Waals surface area contributed by atoms with E-state index >= 15 is 0 Å². The maximum atomic E-state index is 12.4. The summed E-state index contributed by atoms with van der Waals surface area (Å²) < 4.78 is 27.2. The Hall–Kier alpha value is -1.91. The first kappa shape index (κ1) is 32.6. The predicted molar refractivity (Wildman–Crippen MR) is 138 cm³/mol. The number of carbonyl (C=O) groups is 1. The molecule has 6 unspecified atom stereocenters. The smallest absolute Gasteiger partial charge is 0.432 e. The molecule has 40 heavy (non-hydrogen) atoms. The van der Waals surface area contributed by atoms with Crippen molar-refractivity contribution in [2.24, 2.45) is 5.92 Å². The van der Waals surface area contributed by atoms with Crippen LogP contribution < -0.4 is 4.74 Å². The van der Waals surface area contributed by atoms with E-state index in [1.54, 1.807) is 0 Å². The highest BCUT2D eigenvalue weighted by molar-refractivity contribution is 5.66. The van der Waals surface area contributed by atoms with Crippen molar-refractivity contribution in [3.8, 4) is 5.75 Å². The molecule has 3 rings (SSSR count). The Balaban J connectivity index is 1.58. The highest BCUT2D eigenvalue weighted by Crippen LogP contribution is 2.37. The molecule has 2 fully saturated rings. The Morgan fingerprint density at radius 2 is 1.40 bits per heavy atom. The molecular weight excluding hydrogens is 532 g/mol. The minimum atomic E-state index is -1.71. The lowest BCUT2D eigenvalue weighted by atomic mass is 9.79. The Labute approximate surface area is 232 Å². The van der Waals surface area contributed by atoms with Gasteiger partial charge in [0.25, 0.3) is 0 Å². The predicted octanol–water partition coefficient (Wildman–Crippen LogP) is -0.637. The van der Waals surface area contributed by atoms with E-state index in [2.05, 4.69) is 0 Å². The van der Waals surface area contributed by atoms with Crippen LogP contribution in [-0.2, 0) is 18.9 Å². The summed E-state index contributed by atoms with van der Waals surface area (Å²) in [4.78, 5) is 12.4. The van der Waals surface area contributed by atoms with Crippen molar-refractivity contribution in [2.45, 2.75) is 94.7 Å². The van der Waals surface area contributed by atoms with Crippen LogP contribution in [0.15, 0.2) is 18.2 Å². The van der Waals surface area contributed by atoms with Gasteiger partial charge in [0.2, 0.25) is 0 Å². The standard InChI is InChI=1S/C27H42O13/c1-12(2)14-6-5-7-15(13(3)4)24(14)40-27(35)37-9-8-36-26-23(34)20(31)18(16(10-28)39-26)25-22(33)21(32)19(30)17(11-29)38-25/h5-7,12-13,16-23,25-26,28-34H,8-11H2,1-4H3/t16?,17?,18?,19-,20?,21?,22-,23-,25-,26?/m1/s1. The molecule has 2 aliphatic rings. The lowest BCUT2D eigenvalue weighted by molar-refractivity contribution is -0.324. The summed E-state index contributed by atoms with van der Waals surface area (Å²) in [6.07, 6.45) is -14.6. The van der Waals surface area contributed by atoms with Gasteiger partial charge in [-0.3, -0.25) is 0 Å². The first-order valence-electron chi connectivity index (χ1n) is 13.4. The van der Waals surface area contributed by atoms with Gasteiger partial charge in [0.05, 0.1) is 38.1 Å². The summed E-state index contributed by atoms with van der Waals surface area (Å²) >= 11 is 0. The zero-order valence-electron chi connectivity index (χ0n) is 23.1. The third kappa shape index (κ3) is 7.10. The van der Waals surface area contributed by atoms with Crippen molar-refractivity contribution < 1.29 is 64.2 Å². The highest BCUT2D eigenvalue weighted by atomic mass is 16.7.